The number of benzene rings is 1. The molecule has 0 amide bonds. The average molecular weight is 272 g/mol. The van der Waals surface area contributed by atoms with Crippen molar-refractivity contribution < 1.29 is 9.84 Å². The fourth-order valence-corrected chi connectivity index (χ4v) is 1.89. The van der Waals surface area contributed by atoms with Gasteiger partial charge in [0.2, 0.25) is 0 Å². The highest BCUT2D eigenvalue weighted by Gasteiger charge is 2.11. The van der Waals surface area contributed by atoms with Gasteiger partial charge in [0.05, 0.1) is 12.7 Å². The molecule has 0 unspecified atom stereocenters. The topological polar surface area (TPSA) is 41.5 Å². The third kappa shape index (κ3) is 4.84. The van der Waals surface area contributed by atoms with E-state index in [-0.39, 0.29) is 0 Å². The molecule has 0 bridgehead atoms. The zero-order valence-electron chi connectivity index (χ0n) is 11.5. The molecule has 0 fully saturated rings. The molecule has 1 aromatic rings. The largest absolute Gasteiger partial charge is 0.496 e. The Hall–Kier alpha value is -0.770. The summed E-state index contributed by atoms with van der Waals surface area (Å²) >= 11 is 6.11. The van der Waals surface area contributed by atoms with Crippen molar-refractivity contribution in [2.75, 3.05) is 20.2 Å². The molecular weight excluding hydrogens is 250 g/mol. The second-order valence-corrected chi connectivity index (χ2v) is 5.56. The van der Waals surface area contributed by atoms with Gasteiger partial charge in [0, 0.05) is 11.6 Å². The first-order chi connectivity index (χ1) is 8.33. The lowest BCUT2D eigenvalue weighted by Gasteiger charge is -2.18. The zero-order chi connectivity index (χ0) is 13.8. The Morgan fingerprint density at radius 2 is 2.06 bits per heavy atom. The van der Waals surface area contributed by atoms with Crippen molar-refractivity contribution in [3.05, 3.63) is 28.3 Å². The summed E-state index contributed by atoms with van der Waals surface area (Å²) in [5, 5.41) is 13.6. The summed E-state index contributed by atoms with van der Waals surface area (Å²) in [6.45, 7) is 6.86. The van der Waals surface area contributed by atoms with Crippen LogP contribution in [-0.2, 0) is 6.42 Å². The molecule has 1 aromatic carbocycles. The highest BCUT2D eigenvalue weighted by atomic mass is 35.5. The molecule has 0 radical (unpaired) electrons. The number of rotatable bonds is 6. The number of halogens is 1. The van der Waals surface area contributed by atoms with Crippen LogP contribution < -0.4 is 10.1 Å². The summed E-state index contributed by atoms with van der Waals surface area (Å²) in [6, 6.07) is 3.90. The number of aliphatic hydroxyl groups is 1. The first-order valence-electron chi connectivity index (χ1n) is 6.09. The van der Waals surface area contributed by atoms with Crippen LogP contribution in [0, 0.1) is 6.92 Å². The molecule has 2 N–H and O–H groups in total. The number of nitrogens with one attached hydrogen (secondary N) is 1. The van der Waals surface area contributed by atoms with Gasteiger partial charge in [-0.3, -0.25) is 0 Å². The van der Waals surface area contributed by atoms with Crippen molar-refractivity contribution in [2.45, 2.75) is 32.8 Å². The maximum Gasteiger partial charge on any atom is 0.122 e. The summed E-state index contributed by atoms with van der Waals surface area (Å²) in [5.41, 5.74) is 1.41. The van der Waals surface area contributed by atoms with Gasteiger partial charge in [-0.05, 0) is 57.0 Å². The van der Waals surface area contributed by atoms with Crippen molar-refractivity contribution in [3.63, 3.8) is 0 Å². The average Bonchev–Trinajstić information content (AvgIpc) is 2.27. The second-order valence-electron chi connectivity index (χ2n) is 5.15. The summed E-state index contributed by atoms with van der Waals surface area (Å²) in [6.07, 6.45) is 0.819. The maximum atomic E-state index is 9.59. The Labute approximate surface area is 114 Å². The van der Waals surface area contributed by atoms with Gasteiger partial charge in [0.25, 0.3) is 0 Å². The van der Waals surface area contributed by atoms with Crippen LogP contribution in [0.2, 0.25) is 5.02 Å². The van der Waals surface area contributed by atoms with Gasteiger partial charge in [-0.15, -0.1) is 0 Å². The monoisotopic (exact) mass is 271 g/mol. The first kappa shape index (κ1) is 15.3. The molecule has 0 aliphatic carbocycles. The Balaban J connectivity index is 2.59. The molecule has 0 atom stereocenters. The third-order valence-electron chi connectivity index (χ3n) is 2.69. The fourth-order valence-electron chi connectivity index (χ4n) is 1.70. The van der Waals surface area contributed by atoms with Gasteiger partial charge in [-0.2, -0.15) is 0 Å². The minimum atomic E-state index is -0.686. The minimum Gasteiger partial charge on any atom is -0.496 e. The predicted molar refractivity (Wildman–Crippen MR) is 75.6 cm³/mol. The summed E-state index contributed by atoms with van der Waals surface area (Å²) < 4.78 is 5.34. The SMILES string of the molecule is COc1cc(C)c(Cl)cc1CCNCC(C)(C)O. The van der Waals surface area contributed by atoms with E-state index in [0.717, 1.165) is 34.9 Å². The van der Waals surface area contributed by atoms with Crippen LogP contribution in [-0.4, -0.2) is 30.9 Å². The van der Waals surface area contributed by atoms with E-state index in [2.05, 4.69) is 5.32 Å². The van der Waals surface area contributed by atoms with Crippen LogP contribution in [0.3, 0.4) is 0 Å². The van der Waals surface area contributed by atoms with Crippen molar-refractivity contribution in [1.82, 2.24) is 5.32 Å². The molecule has 0 saturated carbocycles. The lowest BCUT2D eigenvalue weighted by atomic mass is 10.1. The van der Waals surface area contributed by atoms with Crippen molar-refractivity contribution in [2.24, 2.45) is 0 Å². The maximum absolute atomic E-state index is 9.59. The third-order valence-corrected chi connectivity index (χ3v) is 3.10. The van der Waals surface area contributed by atoms with E-state index >= 15 is 0 Å². The van der Waals surface area contributed by atoms with Crippen LogP contribution in [0.1, 0.15) is 25.0 Å². The fraction of sp³-hybridized carbons (Fsp3) is 0.571. The van der Waals surface area contributed by atoms with Crippen molar-refractivity contribution >= 4 is 11.6 Å². The van der Waals surface area contributed by atoms with E-state index < -0.39 is 5.60 Å². The van der Waals surface area contributed by atoms with Crippen LogP contribution in [0.25, 0.3) is 0 Å². The standard InChI is InChI=1S/C14H22ClNO2/c1-10-7-13(18-4)11(8-12(10)15)5-6-16-9-14(2,3)17/h7-8,16-17H,5-6,9H2,1-4H3. The van der Waals surface area contributed by atoms with E-state index in [9.17, 15) is 5.11 Å². The van der Waals surface area contributed by atoms with E-state index in [1.54, 1.807) is 21.0 Å². The number of aryl methyl sites for hydroxylation is 1. The normalized spacial score (nSPS) is 11.7. The highest BCUT2D eigenvalue weighted by molar-refractivity contribution is 6.31. The lowest BCUT2D eigenvalue weighted by Crippen LogP contribution is -2.35. The van der Waals surface area contributed by atoms with Gasteiger partial charge in [0.1, 0.15) is 5.75 Å². The van der Waals surface area contributed by atoms with Gasteiger partial charge in [0.15, 0.2) is 0 Å². The number of ether oxygens (including phenoxy) is 1. The van der Waals surface area contributed by atoms with Gasteiger partial charge in [-0.25, -0.2) is 0 Å². The molecule has 0 aliphatic rings. The van der Waals surface area contributed by atoms with Crippen LogP contribution in [0.15, 0.2) is 12.1 Å². The molecule has 3 nitrogen and oxygen atoms in total. The highest BCUT2D eigenvalue weighted by Crippen LogP contribution is 2.26. The Morgan fingerprint density at radius 1 is 1.39 bits per heavy atom. The molecule has 18 heavy (non-hydrogen) atoms. The molecule has 0 saturated heterocycles. The molecule has 0 spiro atoms. The van der Waals surface area contributed by atoms with Crippen molar-refractivity contribution in [1.29, 1.82) is 0 Å². The van der Waals surface area contributed by atoms with E-state index in [1.807, 2.05) is 19.1 Å². The Bertz CT molecular complexity index is 400. The van der Waals surface area contributed by atoms with E-state index in [4.69, 9.17) is 16.3 Å². The Morgan fingerprint density at radius 3 is 2.61 bits per heavy atom. The molecule has 0 aromatic heterocycles. The molecule has 0 aliphatic heterocycles. The van der Waals surface area contributed by atoms with Crippen molar-refractivity contribution in [3.8, 4) is 5.75 Å². The molecule has 4 heteroatoms. The zero-order valence-corrected chi connectivity index (χ0v) is 12.3. The summed E-state index contributed by atoms with van der Waals surface area (Å²) in [4.78, 5) is 0. The lowest BCUT2D eigenvalue weighted by molar-refractivity contribution is 0.0801. The van der Waals surface area contributed by atoms with Gasteiger partial charge < -0.3 is 15.2 Å². The molecular formula is C14H22ClNO2. The van der Waals surface area contributed by atoms with Gasteiger partial charge >= 0.3 is 0 Å². The quantitative estimate of drug-likeness (QED) is 0.782. The first-order valence-corrected chi connectivity index (χ1v) is 6.47. The second kappa shape index (κ2) is 6.41. The summed E-state index contributed by atoms with van der Waals surface area (Å²) in [7, 11) is 1.66. The summed E-state index contributed by atoms with van der Waals surface area (Å²) in [5.74, 6) is 0.863. The minimum absolute atomic E-state index is 0.564. The molecule has 102 valence electrons. The Kier molecular flexibility index (Phi) is 5.45. The van der Waals surface area contributed by atoms with Gasteiger partial charge in [-0.1, -0.05) is 11.6 Å². The van der Waals surface area contributed by atoms with E-state index in [0.29, 0.717) is 6.54 Å². The molecule has 0 heterocycles. The van der Waals surface area contributed by atoms with Crippen LogP contribution >= 0.6 is 11.6 Å². The predicted octanol–water partition coefficient (Wildman–Crippen LogP) is 2.56. The van der Waals surface area contributed by atoms with E-state index in [1.165, 1.54) is 0 Å². The number of hydrogen-bond donors (Lipinski definition) is 2. The van der Waals surface area contributed by atoms with Crippen LogP contribution in [0.4, 0.5) is 0 Å². The number of hydrogen-bond acceptors (Lipinski definition) is 3. The van der Waals surface area contributed by atoms with Crippen LogP contribution in [0.5, 0.6) is 5.75 Å². The molecule has 1 rings (SSSR count). The number of methoxy groups -OCH3 is 1. The smallest absolute Gasteiger partial charge is 0.122 e.